The lowest BCUT2D eigenvalue weighted by molar-refractivity contribution is 0.111. The summed E-state index contributed by atoms with van der Waals surface area (Å²) in [5.74, 6) is 0. The van der Waals surface area contributed by atoms with Gasteiger partial charge in [0, 0.05) is 10.7 Å². The normalized spacial score (nSPS) is 10.6. The second-order valence-corrected chi connectivity index (χ2v) is 3.75. The zero-order valence-electron chi connectivity index (χ0n) is 6.37. The number of rotatable bonds is 1. The summed E-state index contributed by atoms with van der Waals surface area (Å²) in [6.45, 7) is 0. The van der Waals surface area contributed by atoms with Crippen molar-refractivity contribution in [3.8, 4) is 0 Å². The Morgan fingerprint density at radius 1 is 1.54 bits per heavy atom. The van der Waals surface area contributed by atoms with Crippen molar-refractivity contribution in [3.05, 3.63) is 33.6 Å². The Morgan fingerprint density at radius 2 is 2.31 bits per heavy atom. The summed E-state index contributed by atoms with van der Waals surface area (Å²) < 4.78 is 2.53. The van der Waals surface area contributed by atoms with Crippen LogP contribution in [0.5, 0.6) is 0 Å². The van der Waals surface area contributed by atoms with Crippen molar-refractivity contribution in [2.24, 2.45) is 0 Å². The van der Waals surface area contributed by atoms with Crippen LogP contribution in [0.4, 0.5) is 0 Å². The maximum Gasteiger partial charge on any atom is 0.171 e. The highest BCUT2D eigenvalue weighted by molar-refractivity contribution is 9.10. The van der Waals surface area contributed by atoms with Crippen LogP contribution >= 0.6 is 27.5 Å². The van der Waals surface area contributed by atoms with Gasteiger partial charge in [0.15, 0.2) is 6.29 Å². The highest BCUT2D eigenvalue weighted by Crippen LogP contribution is 2.19. The Kier molecular flexibility index (Phi) is 2.09. The van der Waals surface area contributed by atoms with E-state index in [9.17, 15) is 4.79 Å². The molecule has 0 radical (unpaired) electrons. The van der Waals surface area contributed by atoms with Crippen molar-refractivity contribution in [1.82, 2.24) is 9.38 Å². The smallest absolute Gasteiger partial charge is 0.171 e. The number of hydrogen-bond donors (Lipinski definition) is 0. The molecule has 0 bridgehead atoms. The van der Waals surface area contributed by atoms with E-state index in [0.29, 0.717) is 17.1 Å². The van der Waals surface area contributed by atoms with E-state index in [4.69, 9.17) is 11.6 Å². The first-order valence-electron chi connectivity index (χ1n) is 3.50. The summed E-state index contributed by atoms with van der Waals surface area (Å²) in [6.07, 6.45) is 2.40. The number of fused-ring (bicyclic) bond motifs is 1. The van der Waals surface area contributed by atoms with Gasteiger partial charge in [0.25, 0.3) is 0 Å². The molecule has 2 aromatic heterocycles. The third kappa shape index (κ3) is 1.36. The zero-order chi connectivity index (χ0) is 9.42. The molecule has 2 heterocycles. The first-order chi connectivity index (χ1) is 6.22. The van der Waals surface area contributed by atoms with E-state index in [2.05, 4.69) is 20.9 Å². The third-order valence-corrected chi connectivity index (χ3v) is 2.51. The fourth-order valence-electron chi connectivity index (χ4n) is 1.08. The van der Waals surface area contributed by atoms with Crippen molar-refractivity contribution < 1.29 is 4.79 Å². The highest BCUT2D eigenvalue weighted by Gasteiger charge is 2.08. The van der Waals surface area contributed by atoms with Crippen LogP contribution < -0.4 is 0 Å². The molecular weight excluding hydrogens is 255 g/mol. The molecular formula is C8H4BrClN2O. The molecule has 0 aliphatic rings. The Labute approximate surface area is 87.5 Å². The predicted octanol–water partition coefficient (Wildman–Crippen LogP) is 2.56. The van der Waals surface area contributed by atoms with Crippen LogP contribution in [0.25, 0.3) is 5.65 Å². The maximum atomic E-state index is 10.5. The molecule has 0 aliphatic heterocycles. The summed E-state index contributed by atoms with van der Waals surface area (Å²) in [7, 11) is 0. The fraction of sp³-hybridized carbons (Fsp3) is 0. The Morgan fingerprint density at radius 3 is 3.00 bits per heavy atom. The Balaban J connectivity index is 2.84. The van der Waals surface area contributed by atoms with Gasteiger partial charge in [-0.05, 0) is 28.1 Å². The van der Waals surface area contributed by atoms with Gasteiger partial charge in [0.2, 0.25) is 0 Å². The van der Waals surface area contributed by atoms with Gasteiger partial charge in [-0.1, -0.05) is 11.6 Å². The van der Waals surface area contributed by atoms with Gasteiger partial charge in [-0.15, -0.1) is 0 Å². The van der Waals surface area contributed by atoms with Crippen LogP contribution in [0.1, 0.15) is 10.5 Å². The van der Waals surface area contributed by atoms with E-state index in [1.807, 2.05) is 6.07 Å². The van der Waals surface area contributed by atoms with E-state index in [1.54, 1.807) is 16.7 Å². The minimum Gasteiger partial charge on any atom is -0.296 e. The minimum absolute atomic E-state index is 0.264. The molecule has 0 saturated carbocycles. The third-order valence-electron chi connectivity index (χ3n) is 1.66. The second kappa shape index (κ2) is 3.12. The summed E-state index contributed by atoms with van der Waals surface area (Å²) in [4.78, 5) is 14.5. The van der Waals surface area contributed by atoms with E-state index < -0.39 is 0 Å². The lowest BCUT2D eigenvalue weighted by Crippen LogP contribution is -1.83. The lowest BCUT2D eigenvalue weighted by Gasteiger charge is -1.94. The molecule has 3 nitrogen and oxygen atoms in total. The van der Waals surface area contributed by atoms with Gasteiger partial charge in [-0.3, -0.25) is 9.20 Å². The van der Waals surface area contributed by atoms with E-state index in [0.717, 1.165) is 4.47 Å². The molecule has 0 amide bonds. The molecule has 5 heteroatoms. The number of pyridine rings is 1. The molecule has 0 aromatic carbocycles. The van der Waals surface area contributed by atoms with Crippen LogP contribution in [-0.2, 0) is 0 Å². The molecule has 13 heavy (non-hydrogen) atoms. The SMILES string of the molecule is O=Cc1nc2ccc(Br)cn2c1Cl. The number of imidazole rings is 1. The molecule has 0 N–H and O–H groups in total. The van der Waals surface area contributed by atoms with Crippen molar-refractivity contribution in [2.75, 3.05) is 0 Å². The lowest BCUT2D eigenvalue weighted by atomic mass is 10.5. The van der Waals surface area contributed by atoms with E-state index in [-0.39, 0.29) is 5.69 Å². The van der Waals surface area contributed by atoms with E-state index in [1.165, 1.54) is 0 Å². The van der Waals surface area contributed by atoms with Crippen LogP contribution in [0.2, 0.25) is 5.15 Å². The van der Waals surface area contributed by atoms with E-state index >= 15 is 0 Å². The summed E-state index contributed by atoms with van der Waals surface area (Å²) in [6, 6.07) is 3.62. The number of carbonyl (C=O) groups is 1. The Bertz CT molecular complexity index is 480. The number of aldehydes is 1. The highest BCUT2D eigenvalue weighted by atomic mass is 79.9. The first kappa shape index (κ1) is 8.72. The average molecular weight is 259 g/mol. The molecule has 0 aliphatic carbocycles. The summed E-state index contributed by atoms with van der Waals surface area (Å²) >= 11 is 9.18. The second-order valence-electron chi connectivity index (χ2n) is 2.48. The largest absolute Gasteiger partial charge is 0.296 e. The van der Waals surface area contributed by atoms with Crippen molar-refractivity contribution in [3.63, 3.8) is 0 Å². The van der Waals surface area contributed by atoms with Crippen LogP contribution in [0.15, 0.2) is 22.8 Å². The van der Waals surface area contributed by atoms with Crippen LogP contribution in [0, 0.1) is 0 Å². The van der Waals surface area contributed by atoms with Crippen molar-refractivity contribution in [2.45, 2.75) is 0 Å². The average Bonchev–Trinajstić information content (AvgIpc) is 2.44. The quantitative estimate of drug-likeness (QED) is 0.738. The zero-order valence-corrected chi connectivity index (χ0v) is 8.71. The van der Waals surface area contributed by atoms with Crippen LogP contribution in [0.3, 0.4) is 0 Å². The number of halogens is 2. The molecule has 0 unspecified atom stereocenters. The molecule has 0 fully saturated rings. The minimum atomic E-state index is 0.264. The monoisotopic (exact) mass is 258 g/mol. The first-order valence-corrected chi connectivity index (χ1v) is 4.68. The maximum absolute atomic E-state index is 10.5. The van der Waals surface area contributed by atoms with Crippen LogP contribution in [-0.4, -0.2) is 15.7 Å². The molecule has 0 spiro atoms. The summed E-state index contributed by atoms with van der Waals surface area (Å²) in [5, 5.41) is 0.339. The number of carbonyl (C=O) groups excluding carboxylic acids is 1. The molecule has 0 saturated heterocycles. The molecule has 0 atom stereocenters. The van der Waals surface area contributed by atoms with Crippen molar-refractivity contribution >= 4 is 39.5 Å². The van der Waals surface area contributed by atoms with Gasteiger partial charge in [0.1, 0.15) is 16.5 Å². The molecule has 2 aromatic rings. The number of aromatic nitrogens is 2. The topological polar surface area (TPSA) is 34.4 Å². The van der Waals surface area contributed by atoms with Crippen molar-refractivity contribution in [1.29, 1.82) is 0 Å². The molecule has 66 valence electrons. The predicted molar refractivity (Wildman–Crippen MR) is 53.3 cm³/mol. The summed E-state index contributed by atoms with van der Waals surface area (Å²) in [5.41, 5.74) is 0.926. The standard InChI is InChI=1S/C8H4BrClN2O/c9-5-1-2-7-11-6(4-13)8(10)12(7)3-5/h1-4H. The van der Waals surface area contributed by atoms with Gasteiger partial charge < -0.3 is 0 Å². The number of hydrogen-bond acceptors (Lipinski definition) is 2. The number of nitrogens with zero attached hydrogens (tertiary/aromatic N) is 2. The Hall–Kier alpha value is -0.870. The van der Waals surface area contributed by atoms with Gasteiger partial charge in [-0.25, -0.2) is 4.98 Å². The fourth-order valence-corrected chi connectivity index (χ4v) is 1.64. The van der Waals surface area contributed by atoms with Gasteiger partial charge in [-0.2, -0.15) is 0 Å². The molecule has 2 rings (SSSR count). The van der Waals surface area contributed by atoms with Gasteiger partial charge >= 0.3 is 0 Å². The van der Waals surface area contributed by atoms with Gasteiger partial charge in [0.05, 0.1) is 0 Å².